The van der Waals surface area contributed by atoms with E-state index in [0.29, 0.717) is 18.1 Å². The molecule has 1 aromatic heterocycles. The van der Waals surface area contributed by atoms with Gasteiger partial charge >= 0.3 is 0 Å². The van der Waals surface area contributed by atoms with E-state index in [4.69, 9.17) is 11.6 Å². The maximum Gasteiger partial charge on any atom is 0.233 e. The lowest BCUT2D eigenvalue weighted by Gasteiger charge is -2.03. The molecule has 0 fully saturated rings. The van der Waals surface area contributed by atoms with Crippen LogP contribution in [0, 0.1) is 0 Å². The van der Waals surface area contributed by atoms with Gasteiger partial charge in [0.2, 0.25) is 10.0 Å². The number of nitrogens with zero attached hydrogens (tertiary/aromatic N) is 1. The number of aromatic amines is 1. The molecule has 5 nitrogen and oxygen atoms in total. The maximum absolute atomic E-state index is 11.5. The van der Waals surface area contributed by atoms with E-state index in [-0.39, 0.29) is 11.7 Å². The number of anilines is 1. The lowest BCUT2D eigenvalue weighted by Crippen LogP contribution is -2.17. The van der Waals surface area contributed by atoms with Crippen molar-refractivity contribution in [1.82, 2.24) is 10.2 Å². The molecule has 0 aliphatic carbocycles. The molecule has 1 rings (SSSR count). The zero-order valence-electron chi connectivity index (χ0n) is 9.33. The molecule has 1 aromatic rings. The first-order valence-electron chi connectivity index (χ1n) is 5.06. The number of hydrogen-bond donors (Lipinski definition) is 2. The van der Waals surface area contributed by atoms with Crippen LogP contribution in [-0.2, 0) is 10.0 Å². The summed E-state index contributed by atoms with van der Waals surface area (Å²) in [5.74, 6) is 0.964. The van der Waals surface area contributed by atoms with Crippen LogP contribution in [0.2, 0.25) is 0 Å². The average Bonchev–Trinajstić information content (AvgIpc) is 2.62. The van der Waals surface area contributed by atoms with Gasteiger partial charge < -0.3 is 0 Å². The van der Waals surface area contributed by atoms with Crippen molar-refractivity contribution in [3.05, 3.63) is 11.8 Å². The summed E-state index contributed by atoms with van der Waals surface area (Å²) < 4.78 is 25.4. The molecular weight excluding hydrogens is 250 g/mol. The van der Waals surface area contributed by atoms with Gasteiger partial charge in [-0.1, -0.05) is 13.8 Å². The molecule has 0 aliphatic rings. The highest BCUT2D eigenvalue weighted by molar-refractivity contribution is 7.92. The maximum atomic E-state index is 11.5. The Morgan fingerprint density at radius 1 is 1.56 bits per heavy atom. The van der Waals surface area contributed by atoms with Crippen molar-refractivity contribution in [2.75, 3.05) is 16.4 Å². The van der Waals surface area contributed by atoms with E-state index in [9.17, 15) is 8.42 Å². The first-order chi connectivity index (χ1) is 7.44. The Balaban J connectivity index is 2.65. The Bertz CT molecular complexity index is 428. The fourth-order valence-corrected chi connectivity index (χ4v) is 2.48. The van der Waals surface area contributed by atoms with Crippen molar-refractivity contribution in [1.29, 1.82) is 0 Å². The Kier molecular flexibility index (Phi) is 4.61. The van der Waals surface area contributed by atoms with Crippen LogP contribution in [0.1, 0.15) is 31.9 Å². The zero-order chi connectivity index (χ0) is 12.2. The van der Waals surface area contributed by atoms with E-state index in [1.807, 2.05) is 13.8 Å². The van der Waals surface area contributed by atoms with Crippen LogP contribution < -0.4 is 4.72 Å². The van der Waals surface area contributed by atoms with Gasteiger partial charge in [-0.15, -0.1) is 11.6 Å². The van der Waals surface area contributed by atoms with E-state index in [0.717, 1.165) is 5.69 Å². The third kappa shape index (κ3) is 4.02. The Labute approximate surface area is 101 Å². The van der Waals surface area contributed by atoms with Gasteiger partial charge in [-0.05, 0) is 12.3 Å². The second kappa shape index (κ2) is 5.54. The Hall–Kier alpha value is -0.750. The van der Waals surface area contributed by atoms with Crippen LogP contribution in [0.4, 0.5) is 5.82 Å². The second-order valence-corrected chi connectivity index (χ2v) is 6.05. The van der Waals surface area contributed by atoms with Crippen molar-refractivity contribution in [2.45, 2.75) is 26.2 Å². The largest absolute Gasteiger partial charge is 0.280 e. The molecule has 92 valence electrons. The van der Waals surface area contributed by atoms with Gasteiger partial charge in [-0.25, -0.2) is 8.42 Å². The fraction of sp³-hybridized carbons (Fsp3) is 0.667. The van der Waals surface area contributed by atoms with Gasteiger partial charge in [0.1, 0.15) is 0 Å². The minimum Gasteiger partial charge on any atom is -0.280 e. The summed E-state index contributed by atoms with van der Waals surface area (Å²) in [6.45, 7) is 4.00. The average molecular weight is 266 g/mol. The first kappa shape index (κ1) is 13.3. The SMILES string of the molecule is CC(C)c1cc(NS(=O)(=O)CCCCl)n[nH]1. The Morgan fingerprint density at radius 2 is 2.25 bits per heavy atom. The van der Waals surface area contributed by atoms with Crippen molar-refractivity contribution in [2.24, 2.45) is 0 Å². The lowest BCUT2D eigenvalue weighted by atomic mass is 10.1. The van der Waals surface area contributed by atoms with Crippen LogP contribution in [0.5, 0.6) is 0 Å². The Morgan fingerprint density at radius 3 is 2.75 bits per heavy atom. The van der Waals surface area contributed by atoms with Gasteiger partial charge in [0.05, 0.1) is 5.75 Å². The summed E-state index contributed by atoms with van der Waals surface area (Å²) in [4.78, 5) is 0. The molecule has 0 unspecified atom stereocenters. The molecule has 0 bridgehead atoms. The molecule has 0 radical (unpaired) electrons. The van der Waals surface area contributed by atoms with E-state index in [1.54, 1.807) is 6.07 Å². The lowest BCUT2D eigenvalue weighted by molar-refractivity contribution is 0.600. The van der Waals surface area contributed by atoms with Gasteiger partial charge in [-0.2, -0.15) is 5.10 Å². The van der Waals surface area contributed by atoms with E-state index in [2.05, 4.69) is 14.9 Å². The van der Waals surface area contributed by atoms with E-state index >= 15 is 0 Å². The molecule has 0 saturated heterocycles. The minimum atomic E-state index is -3.33. The highest BCUT2D eigenvalue weighted by atomic mass is 35.5. The number of rotatable bonds is 6. The molecule has 7 heteroatoms. The summed E-state index contributed by atoms with van der Waals surface area (Å²) in [6.07, 6.45) is 0.429. The molecule has 16 heavy (non-hydrogen) atoms. The van der Waals surface area contributed by atoms with Gasteiger partial charge in [0.15, 0.2) is 5.82 Å². The molecule has 0 spiro atoms. The summed E-state index contributed by atoms with van der Waals surface area (Å²) in [7, 11) is -3.33. The van der Waals surface area contributed by atoms with Crippen LogP contribution in [-0.4, -0.2) is 30.2 Å². The van der Waals surface area contributed by atoms with Crippen LogP contribution >= 0.6 is 11.6 Å². The van der Waals surface area contributed by atoms with Crippen molar-refractivity contribution < 1.29 is 8.42 Å². The van der Waals surface area contributed by atoms with Gasteiger partial charge in [0.25, 0.3) is 0 Å². The van der Waals surface area contributed by atoms with Gasteiger partial charge in [0, 0.05) is 17.6 Å². The number of sulfonamides is 1. The van der Waals surface area contributed by atoms with Crippen molar-refractivity contribution in [3.63, 3.8) is 0 Å². The standard InChI is InChI=1S/C9H16ClN3O2S/c1-7(2)8-6-9(12-11-8)13-16(14,15)5-3-4-10/h6-7H,3-5H2,1-2H3,(H2,11,12,13). The summed E-state index contributed by atoms with van der Waals surface area (Å²) >= 11 is 5.44. The number of nitrogens with one attached hydrogen (secondary N) is 2. The quantitative estimate of drug-likeness (QED) is 0.772. The topological polar surface area (TPSA) is 74.8 Å². The number of aromatic nitrogens is 2. The summed E-state index contributed by atoms with van der Waals surface area (Å²) in [6, 6.07) is 1.70. The molecular formula is C9H16ClN3O2S. The zero-order valence-corrected chi connectivity index (χ0v) is 10.9. The molecule has 0 amide bonds. The summed E-state index contributed by atoms with van der Waals surface area (Å²) in [5.41, 5.74) is 0.898. The number of H-pyrrole nitrogens is 1. The fourth-order valence-electron chi connectivity index (χ4n) is 1.14. The van der Waals surface area contributed by atoms with Crippen LogP contribution in [0.25, 0.3) is 0 Å². The third-order valence-corrected chi connectivity index (χ3v) is 3.64. The molecule has 1 heterocycles. The summed E-state index contributed by atoms with van der Waals surface area (Å²) in [5, 5.41) is 6.66. The van der Waals surface area contributed by atoms with Crippen LogP contribution in [0.3, 0.4) is 0 Å². The number of hydrogen-bond acceptors (Lipinski definition) is 3. The molecule has 0 aliphatic heterocycles. The normalized spacial score (nSPS) is 12.0. The van der Waals surface area contributed by atoms with Gasteiger partial charge in [-0.3, -0.25) is 9.82 Å². The predicted octanol–water partition coefficient (Wildman–Crippen LogP) is 1.90. The van der Waals surface area contributed by atoms with Crippen molar-refractivity contribution in [3.8, 4) is 0 Å². The minimum absolute atomic E-state index is 0.0143. The second-order valence-electron chi connectivity index (χ2n) is 3.83. The van der Waals surface area contributed by atoms with E-state index in [1.165, 1.54) is 0 Å². The first-order valence-corrected chi connectivity index (χ1v) is 7.25. The predicted molar refractivity (Wildman–Crippen MR) is 65.4 cm³/mol. The molecule has 0 aromatic carbocycles. The molecule has 0 atom stereocenters. The smallest absolute Gasteiger partial charge is 0.233 e. The van der Waals surface area contributed by atoms with Crippen LogP contribution in [0.15, 0.2) is 6.07 Å². The monoisotopic (exact) mass is 265 g/mol. The molecule has 2 N–H and O–H groups in total. The van der Waals surface area contributed by atoms with E-state index < -0.39 is 10.0 Å². The third-order valence-electron chi connectivity index (χ3n) is 2.03. The highest BCUT2D eigenvalue weighted by Gasteiger charge is 2.12. The number of alkyl halides is 1. The highest BCUT2D eigenvalue weighted by Crippen LogP contribution is 2.15. The van der Waals surface area contributed by atoms with Crippen molar-refractivity contribution >= 4 is 27.4 Å². The number of halogens is 1. The molecule has 0 saturated carbocycles.